The molecule has 0 unspecified atom stereocenters. The molecule has 2 aliphatic rings. The molecule has 0 N–H and O–H groups in total. The molecule has 0 aromatic carbocycles. The number of hydrogen-bond donors (Lipinski definition) is 0. The van der Waals surface area contributed by atoms with Gasteiger partial charge in [-0.2, -0.15) is 0 Å². The molecule has 0 radical (unpaired) electrons. The van der Waals surface area contributed by atoms with Gasteiger partial charge in [0.05, 0.1) is 26.7 Å². The van der Waals surface area contributed by atoms with Crippen molar-refractivity contribution >= 4 is 12.0 Å². The van der Waals surface area contributed by atoms with Gasteiger partial charge in [0, 0.05) is 45.8 Å². The molecule has 2 heterocycles. The number of methoxy groups -OCH3 is 1. The van der Waals surface area contributed by atoms with Gasteiger partial charge in [0.2, 0.25) is 0 Å². The van der Waals surface area contributed by atoms with E-state index in [-0.39, 0.29) is 12.0 Å². The van der Waals surface area contributed by atoms with E-state index in [4.69, 9.17) is 4.74 Å². The van der Waals surface area contributed by atoms with Crippen molar-refractivity contribution in [3.05, 3.63) is 0 Å². The van der Waals surface area contributed by atoms with Crippen molar-refractivity contribution in [1.29, 1.82) is 0 Å². The van der Waals surface area contributed by atoms with Crippen LogP contribution in [0, 0.1) is 0 Å². The number of piperazine rings is 1. The zero-order valence-electron chi connectivity index (χ0n) is 12.0. The van der Waals surface area contributed by atoms with Gasteiger partial charge in [-0.25, -0.2) is 4.79 Å². The Morgan fingerprint density at radius 3 is 2.20 bits per heavy atom. The highest BCUT2D eigenvalue weighted by Gasteiger charge is 2.26. The first-order valence-corrected chi connectivity index (χ1v) is 7.11. The SMILES string of the molecule is COC(=O)CCN1CCN(C(=O)N2CCOCC2)CC1. The Kier molecular flexibility index (Phi) is 5.60. The number of carbonyl (C=O) groups excluding carboxylic acids is 2. The smallest absolute Gasteiger partial charge is 0.320 e. The van der Waals surface area contributed by atoms with Crippen LogP contribution in [0.25, 0.3) is 0 Å². The fraction of sp³-hybridized carbons (Fsp3) is 0.846. The fourth-order valence-electron chi connectivity index (χ4n) is 2.47. The van der Waals surface area contributed by atoms with Crippen LogP contribution in [-0.2, 0) is 14.3 Å². The van der Waals surface area contributed by atoms with Crippen molar-refractivity contribution in [2.45, 2.75) is 6.42 Å². The highest BCUT2D eigenvalue weighted by molar-refractivity contribution is 5.74. The third kappa shape index (κ3) is 4.08. The first-order chi connectivity index (χ1) is 9.70. The van der Waals surface area contributed by atoms with Gasteiger partial charge in [0.15, 0.2) is 0 Å². The lowest BCUT2D eigenvalue weighted by atomic mass is 10.3. The van der Waals surface area contributed by atoms with E-state index in [1.165, 1.54) is 7.11 Å². The molecule has 0 atom stereocenters. The molecule has 20 heavy (non-hydrogen) atoms. The summed E-state index contributed by atoms with van der Waals surface area (Å²) in [5.74, 6) is -0.183. The highest BCUT2D eigenvalue weighted by Crippen LogP contribution is 2.08. The molecule has 0 saturated carbocycles. The zero-order chi connectivity index (χ0) is 14.4. The average Bonchev–Trinajstić information content (AvgIpc) is 2.53. The number of nitrogens with zero attached hydrogens (tertiary/aromatic N) is 3. The van der Waals surface area contributed by atoms with E-state index >= 15 is 0 Å². The topological polar surface area (TPSA) is 62.3 Å². The molecule has 0 bridgehead atoms. The van der Waals surface area contributed by atoms with Crippen LogP contribution in [0.4, 0.5) is 4.79 Å². The molecule has 0 spiro atoms. The summed E-state index contributed by atoms with van der Waals surface area (Å²) >= 11 is 0. The molecule has 2 fully saturated rings. The molecule has 2 rings (SSSR count). The van der Waals surface area contributed by atoms with Crippen LogP contribution in [0.15, 0.2) is 0 Å². The minimum absolute atomic E-state index is 0.112. The lowest BCUT2D eigenvalue weighted by Gasteiger charge is -2.38. The normalized spacial score (nSPS) is 20.9. The second kappa shape index (κ2) is 7.44. The van der Waals surface area contributed by atoms with Gasteiger partial charge < -0.3 is 19.3 Å². The second-order valence-corrected chi connectivity index (χ2v) is 5.04. The quantitative estimate of drug-likeness (QED) is 0.662. The van der Waals surface area contributed by atoms with Gasteiger partial charge >= 0.3 is 12.0 Å². The number of morpholine rings is 1. The van der Waals surface area contributed by atoms with Crippen molar-refractivity contribution in [1.82, 2.24) is 14.7 Å². The van der Waals surface area contributed by atoms with E-state index in [1.807, 2.05) is 9.80 Å². The van der Waals surface area contributed by atoms with Crippen LogP contribution in [-0.4, -0.2) is 92.8 Å². The van der Waals surface area contributed by atoms with E-state index in [0.717, 1.165) is 26.2 Å². The number of urea groups is 1. The predicted molar refractivity (Wildman–Crippen MR) is 72.4 cm³/mol. The van der Waals surface area contributed by atoms with E-state index in [1.54, 1.807) is 0 Å². The lowest BCUT2D eigenvalue weighted by Crippen LogP contribution is -2.54. The molecule has 2 aliphatic heterocycles. The van der Waals surface area contributed by atoms with Crippen LogP contribution in [0.3, 0.4) is 0 Å². The largest absolute Gasteiger partial charge is 0.469 e. The minimum Gasteiger partial charge on any atom is -0.469 e. The Labute approximate surface area is 119 Å². The molecular formula is C13H23N3O4. The molecule has 2 amide bonds. The van der Waals surface area contributed by atoms with Crippen LogP contribution in [0.2, 0.25) is 0 Å². The third-order valence-electron chi connectivity index (χ3n) is 3.78. The maximum absolute atomic E-state index is 12.3. The Morgan fingerprint density at radius 1 is 1.00 bits per heavy atom. The minimum atomic E-state index is -0.183. The molecule has 114 valence electrons. The van der Waals surface area contributed by atoms with Crippen molar-refractivity contribution in [2.75, 3.05) is 66.1 Å². The van der Waals surface area contributed by atoms with Gasteiger partial charge in [0.1, 0.15) is 0 Å². The van der Waals surface area contributed by atoms with Gasteiger partial charge in [-0.15, -0.1) is 0 Å². The second-order valence-electron chi connectivity index (χ2n) is 5.04. The van der Waals surface area contributed by atoms with Crippen LogP contribution < -0.4 is 0 Å². The van der Waals surface area contributed by atoms with Crippen LogP contribution in [0.5, 0.6) is 0 Å². The third-order valence-corrected chi connectivity index (χ3v) is 3.78. The Morgan fingerprint density at radius 2 is 1.60 bits per heavy atom. The molecular weight excluding hydrogens is 262 g/mol. The maximum Gasteiger partial charge on any atom is 0.320 e. The molecule has 7 heteroatoms. The summed E-state index contributed by atoms with van der Waals surface area (Å²) in [6.45, 7) is 6.39. The van der Waals surface area contributed by atoms with Crippen molar-refractivity contribution in [3.63, 3.8) is 0 Å². The first kappa shape index (κ1) is 15.1. The summed E-state index contributed by atoms with van der Waals surface area (Å²) in [5.41, 5.74) is 0. The van der Waals surface area contributed by atoms with Gasteiger partial charge in [0.25, 0.3) is 0 Å². The summed E-state index contributed by atoms with van der Waals surface area (Å²) in [6.07, 6.45) is 0.411. The zero-order valence-corrected chi connectivity index (χ0v) is 12.0. The van der Waals surface area contributed by atoms with Gasteiger partial charge in [-0.1, -0.05) is 0 Å². The average molecular weight is 285 g/mol. The van der Waals surface area contributed by atoms with Gasteiger partial charge in [-0.3, -0.25) is 9.69 Å². The molecule has 0 aromatic heterocycles. The summed E-state index contributed by atoms with van der Waals surface area (Å²) in [7, 11) is 1.40. The number of rotatable bonds is 3. The molecule has 0 aromatic rings. The number of ether oxygens (including phenoxy) is 2. The summed E-state index contributed by atoms with van der Waals surface area (Å²) in [4.78, 5) is 29.3. The number of esters is 1. The maximum atomic E-state index is 12.3. The monoisotopic (exact) mass is 285 g/mol. The van der Waals surface area contributed by atoms with E-state index in [2.05, 4.69) is 9.64 Å². The summed E-state index contributed by atoms with van der Waals surface area (Å²) < 4.78 is 9.89. The predicted octanol–water partition coefficient (Wildman–Crippen LogP) is -0.381. The van der Waals surface area contributed by atoms with E-state index in [0.29, 0.717) is 39.3 Å². The van der Waals surface area contributed by atoms with Crippen LogP contribution in [0.1, 0.15) is 6.42 Å². The van der Waals surface area contributed by atoms with Gasteiger partial charge in [-0.05, 0) is 0 Å². The van der Waals surface area contributed by atoms with E-state index < -0.39 is 0 Å². The number of hydrogen-bond acceptors (Lipinski definition) is 5. The van der Waals surface area contributed by atoms with Crippen molar-refractivity contribution in [2.24, 2.45) is 0 Å². The lowest BCUT2D eigenvalue weighted by molar-refractivity contribution is -0.141. The number of amides is 2. The molecule has 2 saturated heterocycles. The Balaban J connectivity index is 1.70. The highest BCUT2D eigenvalue weighted by atomic mass is 16.5. The standard InChI is InChI=1S/C13H23N3O4/c1-19-12(17)2-3-14-4-6-15(7-5-14)13(18)16-8-10-20-11-9-16/h2-11H2,1H3. The Bertz CT molecular complexity index is 337. The summed E-state index contributed by atoms with van der Waals surface area (Å²) in [5, 5.41) is 0. The molecule has 0 aliphatic carbocycles. The fourth-order valence-corrected chi connectivity index (χ4v) is 2.47. The Hall–Kier alpha value is -1.34. The first-order valence-electron chi connectivity index (χ1n) is 7.11. The van der Waals surface area contributed by atoms with E-state index in [9.17, 15) is 9.59 Å². The summed E-state index contributed by atoms with van der Waals surface area (Å²) in [6, 6.07) is 0.112. The van der Waals surface area contributed by atoms with Crippen molar-refractivity contribution < 1.29 is 19.1 Å². The van der Waals surface area contributed by atoms with Crippen LogP contribution >= 0.6 is 0 Å². The van der Waals surface area contributed by atoms with Crippen molar-refractivity contribution in [3.8, 4) is 0 Å². The molecule has 7 nitrogen and oxygen atoms in total. The number of carbonyl (C=O) groups is 2.